The van der Waals surface area contributed by atoms with Crippen molar-refractivity contribution >= 4 is 28.4 Å². The first-order chi connectivity index (χ1) is 15.5. The number of benzene rings is 1. The molecule has 2 amide bonds. The van der Waals surface area contributed by atoms with Crippen LogP contribution in [-0.2, 0) is 4.74 Å². The standard InChI is InChI=1S/C22H22F2N6O2/c23-15-9-28(10-15)21(31)26-16-1-2-18(24)19(6-16)30-8-14-5-17(7-25-20(14)27-30)29-11-22(12-29)3-4-32-13-22/h1-2,5-8,15H,3-4,9-13H2,(H,26,31). The molecule has 0 radical (unpaired) electrons. The van der Waals surface area contributed by atoms with Crippen LogP contribution in [0.1, 0.15) is 6.42 Å². The summed E-state index contributed by atoms with van der Waals surface area (Å²) in [6.07, 6.45) is 3.63. The second kappa shape index (κ2) is 7.13. The molecule has 8 nitrogen and oxygen atoms in total. The molecule has 5 heterocycles. The van der Waals surface area contributed by atoms with Crippen LogP contribution >= 0.6 is 0 Å². The van der Waals surface area contributed by atoms with E-state index in [4.69, 9.17) is 4.74 Å². The van der Waals surface area contributed by atoms with Gasteiger partial charge in [0.15, 0.2) is 5.65 Å². The lowest BCUT2D eigenvalue weighted by Gasteiger charge is -2.48. The number of rotatable bonds is 3. The zero-order chi connectivity index (χ0) is 21.9. The number of fused-ring (bicyclic) bond motifs is 1. The maximum atomic E-state index is 14.6. The molecule has 3 aliphatic rings. The minimum atomic E-state index is -0.980. The first kappa shape index (κ1) is 19.4. The summed E-state index contributed by atoms with van der Waals surface area (Å²) in [5.74, 6) is -0.477. The van der Waals surface area contributed by atoms with Crippen LogP contribution in [0.4, 0.5) is 25.0 Å². The maximum absolute atomic E-state index is 14.6. The van der Waals surface area contributed by atoms with Crippen molar-refractivity contribution in [1.82, 2.24) is 19.7 Å². The molecule has 10 heteroatoms. The third-order valence-corrected chi connectivity index (χ3v) is 6.52. The van der Waals surface area contributed by atoms with E-state index in [-0.39, 0.29) is 24.2 Å². The van der Waals surface area contributed by atoms with Gasteiger partial charge in [0, 0.05) is 42.4 Å². The van der Waals surface area contributed by atoms with Gasteiger partial charge in [0.2, 0.25) is 0 Å². The van der Waals surface area contributed by atoms with Gasteiger partial charge < -0.3 is 19.9 Å². The molecule has 6 rings (SSSR count). The van der Waals surface area contributed by atoms with Gasteiger partial charge in [0.25, 0.3) is 0 Å². The van der Waals surface area contributed by atoms with E-state index < -0.39 is 18.0 Å². The number of hydrogen-bond acceptors (Lipinski definition) is 5. The molecule has 32 heavy (non-hydrogen) atoms. The van der Waals surface area contributed by atoms with Crippen LogP contribution in [0.25, 0.3) is 16.7 Å². The van der Waals surface area contributed by atoms with Crippen LogP contribution in [0.15, 0.2) is 36.7 Å². The first-order valence-corrected chi connectivity index (χ1v) is 10.7. The zero-order valence-corrected chi connectivity index (χ0v) is 17.3. The highest BCUT2D eigenvalue weighted by Gasteiger charge is 2.46. The lowest BCUT2D eigenvalue weighted by Crippen LogP contribution is -2.57. The molecule has 2 aromatic heterocycles. The number of nitrogens with one attached hydrogen (secondary N) is 1. The number of alkyl halides is 1. The summed E-state index contributed by atoms with van der Waals surface area (Å²) in [6.45, 7) is 3.69. The van der Waals surface area contributed by atoms with Crippen LogP contribution < -0.4 is 10.2 Å². The third-order valence-electron chi connectivity index (χ3n) is 6.52. The summed E-state index contributed by atoms with van der Waals surface area (Å²) < 4.78 is 34.5. The number of pyridine rings is 1. The van der Waals surface area contributed by atoms with Crippen molar-refractivity contribution in [2.24, 2.45) is 5.41 Å². The van der Waals surface area contributed by atoms with Crippen LogP contribution in [0.3, 0.4) is 0 Å². The molecule has 0 aliphatic carbocycles. The topological polar surface area (TPSA) is 75.5 Å². The predicted molar refractivity (Wildman–Crippen MR) is 114 cm³/mol. The van der Waals surface area contributed by atoms with Crippen molar-refractivity contribution in [3.63, 3.8) is 0 Å². The Labute approximate surface area is 182 Å². The molecule has 1 N–H and O–H groups in total. The number of ether oxygens (including phenoxy) is 1. The average molecular weight is 440 g/mol. The Hall–Kier alpha value is -3.27. The number of hydrogen-bond donors (Lipinski definition) is 1. The normalized spacial score (nSPS) is 19.9. The van der Waals surface area contributed by atoms with Crippen LogP contribution in [0, 0.1) is 11.2 Å². The highest BCUT2D eigenvalue weighted by molar-refractivity contribution is 5.90. The summed E-state index contributed by atoms with van der Waals surface area (Å²) in [5, 5.41) is 7.89. The molecule has 0 bridgehead atoms. The van der Waals surface area contributed by atoms with E-state index in [9.17, 15) is 13.6 Å². The Morgan fingerprint density at radius 2 is 2.09 bits per heavy atom. The van der Waals surface area contributed by atoms with Crippen molar-refractivity contribution in [3.8, 4) is 5.69 Å². The van der Waals surface area contributed by atoms with Gasteiger partial charge in [0.1, 0.15) is 17.7 Å². The molecule has 3 saturated heterocycles. The average Bonchev–Trinajstić information content (AvgIpc) is 3.38. The zero-order valence-electron chi connectivity index (χ0n) is 17.3. The molecule has 3 aromatic rings. The third kappa shape index (κ3) is 3.26. The summed E-state index contributed by atoms with van der Waals surface area (Å²) in [7, 11) is 0. The molecule has 0 unspecified atom stereocenters. The highest BCUT2D eigenvalue weighted by Crippen LogP contribution is 2.41. The number of nitrogens with zero attached hydrogens (tertiary/aromatic N) is 5. The van der Waals surface area contributed by atoms with Gasteiger partial charge in [-0.25, -0.2) is 23.2 Å². The maximum Gasteiger partial charge on any atom is 0.322 e. The van der Waals surface area contributed by atoms with Crippen LogP contribution in [0.5, 0.6) is 0 Å². The Balaban J connectivity index is 1.23. The predicted octanol–water partition coefficient (Wildman–Crippen LogP) is 2.97. The second-order valence-electron chi connectivity index (χ2n) is 8.94. The van der Waals surface area contributed by atoms with Gasteiger partial charge >= 0.3 is 6.03 Å². The van der Waals surface area contributed by atoms with Crippen molar-refractivity contribution < 1.29 is 18.3 Å². The summed E-state index contributed by atoms with van der Waals surface area (Å²) in [6, 6.07) is 5.85. The van der Waals surface area contributed by atoms with E-state index in [0.29, 0.717) is 11.3 Å². The molecule has 166 valence electrons. The lowest BCUT2D eigenvalue weighted by atomic mass is 9.79. The number of carbonyl (C=O) groups is 1. The number of halogens is 2. The minimum Gasteiger partial charge on any atom is -0.381 e. The Bertz CT molecular complexity index is 1190. The molecule has 1 aromatic carbocycles. The second-order valence-corrected chi connectivity index (χ2v) is 8.94. The van der Waals surface area contributed by atoms with Crippen LogP contribution in [0.2, 0.25) is 0 Å². The first-order valence-electron chi connectivity index (χ1n) is 10.7. The van der Waals surface area contributed by atoms with Gasteiger partial charge in [-0.1, -0.05) is 0 Å². The van der Waals surface area contributed by atoms with E-state index in [1.165, 1.54) is 27.8 Å². The minimum absolute atomic E-state index is 0.0730. The fourth-order valence-electron chi connectivity index (χ4n) is 4.60. The number of carbonyl (C=O) groups excluding carboxylic acids is 1. The quantitative estimate of drug-likeness (QED) is 0.678. The number of urea groups is 1. The molecule has 3 aliphatic heterocycles. The van der Waals surface area contributed by atoms with E-state index in [1.807, 2.05) is 6.07 Å². The molecule has 1 spiro atoms. The highest BCUT2D eigenvalue weighted by atomic mass is 19.1. The van der Waals surface area contributed by atoms with Gasteiger partial charge in [0.05, 0.1) is 31.6 Å². The number of aromatic nitrogens is 3. The Morgan fingerprint density at radius 1 is 1.25 bits per heavy atom. The van der Waals surface area contributed by atoms with Crippen molar-refractivity contribution in [3.05, 3.63) is 42.5 Å². The monoisotopic (exact) mass is 440 g/mol. The number of likely N-dealkylation sites (tertiary alicyclic amines) is 1. The van der Waals surface area contributed by atoms with Gasteiger partial charge in [-0.15, -0.1) is 5.10 Å². The van der Waals surface area contributed by atoms with Gasteiger partial charge in [-0.3, -0.25) is 0 Å². The van der Waals surface area contributed by atoms with E-state index >= 15 is 0 Å². The Morgan fingerprint density at radius 3 is 2.84 bits per heavy atom. The van der Waals surface area contributed by atoms with Gasteiger partial charge in [-0.05, 0) is 30.7 Å². The molecule has 0 saturated carbocycles. The van der Waals surface area contributed by atoms with Crippen molar-refractivity contribution in [2.45, 2.75) is 12.6 Å². The van der Waals surface area contributed by atoms with E-state index in [1.54, 1.807) is 12.4 Å². The number of amides is 2. The molecule has 0 atom stereocenters. The van der Waals surface area contributed by atoms with Gasteiger partial charge in [-0.2, -0.15) is 0 Å². The van der Waals surface area contributed by atoms with E-state index in [2.05, 4.69) is 20.3 Å². The largest absolute Gasteiger partial charge is 0.381 e. The summed E-state index contributed by atoms with van der Waals surface area (Å²) in [4.78, 5) is 20.2. The smallest absolute Gasteiger partial charge is 0.322 e. The fourth-order valence-corrected chi connectivity index (χ4v) is 4.60. The molecular formula is C22H22F2N6O2. The summed E-state index contributed by atoms with van der Waals surface area (Å²) in [5.41, 5.74) is 2.40. The SMILES string of the molecule is O=C(Nc1ccc(F)c(-n2cc3cc(N4CC5(CCOC5)C4)cnc3n2)c1)N1CC(F)C1. The molecule has 3 fully saturated rings. The van der Waals surface area contributed by atoms with Crippen molar-refractivity contribution in [1.29, 1.82) is 0 Å². The number of anilines is 2. The van der Waals surface area contributed by atoms with Crippen molar-refractivity contribution in [2.75, 3.05) is 49.6 Å². The summed E-state index contributed by atoms with van der Waals surface area (Å²) >= 11 is 0. The lowest BCUT2D eigenvalue weighted by molar-refractivity contribution is 0.0974. The fraction of sp³-hybridized carbons (Fsp3) is 0.409. The van der Waals surface area contributed by atoms with Crippen LogP contribution in [-0.4, -0.2) is 71.3 Å². The Kier molecular flexibility index (Phi) is 4.32. The molecular weight excluding hydrogens is 418 g/mol. The van der Waals surface area contributed by atoms with E-state index in [0.717, 1.165) is 43.8 Å².